The normalized spacial score (nSPS) is 10.8. The summed E-state index contributed by atoms with van der Waals surface area (Å²) in [5, 5.41) is 0. The van der Waals surface area contributed by atoms with Crippen LogP contribution in [0.4, 0.5) is 0 Å². The van der Waals surface area contributed by atoms with Crippen LogP contribution in [0, 0.1) is 5.92 Å². The highest BCUT2D eigenvalue weighted by Gasteiger charge is 2.01. The Labute approximate surface area is 101 Å². The first-order chi connectivity index (χ1) is 8.15. The van der Waals surface area contributed by atoms with Crippen LogP contribution in [0.15, 0.2) is 41.3 Å². The van der Waals surface area contributed by atoms with Crippen LogP contribution in [-0.2, 0) is 6.42 Å². The summed E-state index contributed by atoms with van der Waals surface area (Å²) in [4.78, 5) is 18.0. The van der Waals surface area contributed by atoms with Crippen molar-refractivity contribution in [3.8, 4) is 11.4 Å². The summed E-state index contributed by atoms with van der Waals surface area (Å²) in [5.41, 5.74) is 2.12. The predicted molar refractivity (Wildman–Crippen MR) is 68.8 cm³/mol. The van der Waals surface area contributed by atoms with Crippen LogP contribution in [0.5, 0.6) is 0 Å². The van der Waals surface area contributed by atoms with Crippen molar-refractivity contribution in [2.45, 2.75) is 20.3 Å². The van der Waals surface area contributed by atoms with E-state index in [1.807, 2.05) is 12.1 Å². The Hall–Kier alpha value is -1.90. The molecule has 0 amide bonds. The standard InChI is InChI=1S/C14H16N2O/c1-10(2)9-11-3-5-12(6-4-11)14-15-8-7-13(17)16-14/h3-8,10H,9H2,1-2H3,(H,15,16,17). The first-order valence-corrected chi connectivity index (χ1v) is 5.80. The third kappa shape index (κ3) is 3.03. The van der Waals surface area contributed by atoms with Crippen LogP contribution >= 0.6 is 0 Å². The van der Waals surface area contributed by atoms with Crippen molar-refractivity contribution in [1.82, 2.24) is 9.97 Å². The lowest BCUT2D eigenvalue weighted by atomic mass is 10.0. The van der Waals surface area contributed by atoms with E-state index in [1.54, 1.807) is 0 Å². The first kappa shape index (κ1) is 11.6. The van der Waals surface area contributed by atoms with Crippen molar-refractivity contribution in [2.75, 3.05) is 0 Å². The molecule has 0 radical (unpaired) electrons. The summed E-state index contributed by atoms with van der Waals surface area (Å²) in [6.07, 6.45) is 2.59. The molecule has 3 heteroatoms. The fourth-order valence-electron chi connectivity index (χ4n) is 1.79. The number of nitrogens with zero attached hydrogens (tertiary/aromatic N) is 1. The summed E-state index contributed by atoms with van der Waals surface area (Å²) >= 11 is 0. The molecule has 1 aromatic heterocycles. The van der Waals surface area contributed by atoms with Crippen molar-refractivity contribution in [3.63, 3.8) is 0 Å². The predicted octanol–water partition coefficient (Wildman–Crippen LogP) is 2.64. The fourth-order valence-corrected chi connectivity index (χ4v) is 1.79. The van der Waals surface area contributed by atoms with E-state index >= 15 is 0 Å². The maximum atomic E-state index is 11.2. The molecule has 3 nitrogen and oxygen atoms in total. The zero-order valence-corrected chi connectivity index (χ0v) is 10.1. The minimum Gasteiger partial charge on any atom is -0.307 e. The second-order valence-corrected chi connectivity index (χ2v) is 4.58. The lowest BCUT2D eigenvalue weighted by Crippen LogP contribution is -2.05. The molecule has 0 aliphatic carbocycles. The fraction of sp³-hybridized carbons (Fsp3) is 0.286. The molecule has 0 spiro atoms. The van der Waals surface area contributed by atoms with Gasteiger partial charge in [-0.1, -0.05) is 38.1 Å². The molecule has 0 aliphatic heterocycles. The average molecular weight is 228 g/mol. The van der Waals surface area contributed by atoms with E-state index in [2.05, 4.69) is 35.9 Å². The number of aromatic nitrogens is 2. The topological polar surface area (TPSA) is 45.8 Å². The molecule has 2 aromatic rings. The molecule has 17 heavy (non-hydrogen) atoms. The van der Waals surface area contributed by atoms with Crippen molar-refractivity contribution in [1.29, 1.82) is 0 Å². The van der Waals surface area contributed by atoms with Gasteiger partial charge in [-0.2, -0.15) is 0 Å². The minimum absolute atomic E-state index is 0.124. The smallest absolute Gasteiger partial charge is 0.251 e. The van der Waals surface area contributed by atoms with Crippen molar-refractivity contribution in [3.05, 3.63) is 52.4 Å². The Bertz CT molecular complexity index is 541. The zero-order chi connectivity index (χ0) is 12.3. The Kier molecular flexibility index (Phi) is 3.38. The van der Waals surface area contributed by atoms with Gasteiger partial charge in [0.05, 0.1) is 0 Å². The maximum absolute atomic E-state index is 11.2. The number of benzene rings is 1. The third-order valence-corrected chi connectivity index (χ3v) is 2.54. The van der Waals surface area contributed by atoms with Gasteiger partial charge in [-0.15, -0.1) is 0 Å². The number of H-pyrrole nitrogens is 1. The number of nitrogens with one attached hydrogen (secondary N) is 1. The van der Waals surface area contributed by atoms with Gasteiger partial charge in [0.2, 0.25) is 0 Å². The molecular weight excluding hydrogens is 212 g/mol. The van der Waals surface area contributed by atoms with Crippen LogP contribution in [0.3, 0.4) is 0 Å². The molecule has 1 heterocycles. The lowest BCUT2D eigenvalue weighted by Gasteiger charge is -2.06. The van der Waals surface area contributed by atoms with Crippen LogP contribution < -0.4 is 5.56 Å². The van der Waals surface area contributed by atoms with E-state index in [0.717, 1.165) is 12.0 Å². The molecule has 1 N–H and O–H groups in total. The number of hydrogen-bond donors (Lipinski definition) is 1. The molecule has 1 aromatic carbocycles. The second-order valence-electron chi connectivity index (χ2n) is 4.58. The van der Waals surface area contributed by atoms with Crippen LogP contribution in [0.2, 0.25) is 0 Å². The Morgan fingerprint density at radius 1 is 1.18 bits per heavy atom. The molecule has 2 rings (SSSR count). The molecule has 0 bridgehead atoms. The largest absolute Gasteiger partial charge is 0.307 e. The van der Waals surface area contributed by atoms with Crippen LogP contribution in [0.25, 0.3) is 11.4 Å². The first-order valence-electron chi connectivity index (χ1n) is 5.80. The maximum Gasteiger partial charge on any atom is 0.251 e. The second kappa shape index (κ2) is 4.95. The highest BCUT2D eigenvalue weighted by Crippen LogP contribution is 2.15. The molecule has 0 saturated heterocycles. The summed E-state index contributed by atoms with van der Waals surface area (Å²) in [7, 11) is 0. The summed E-state index contributed by atoms with van der Waals surface area (Å²) < 4.78 is 0. The van der Waals surface area contributed by atoms with E-state index < -0.39 is 0 Å². The highest BCUT2D eigenvalue weighted by molar-refractivity contribution is 5.54. The van der Waals surface area contributed by atoms with Gasteiger partial charge in [0.1, 0.15) is 5.82 Å². The van der Waals surface area contributed by atoms with E-state index in [9.17, 15) is 4.79 Å². The van der Waals surface area contributed by atoms with Gasteiger partial charge in [0.25, 0.3) is 5.56 Å². The Balaban J connectivity index is 2.26. The van der Waals surface area contributed by atoms with Crippen LogP contribution in [-0.4, -0.2) is 9.97 Å². The SMILES string of the molecule is CC(C)Cc1ccc(-c2nccc(=O)[nH]2)cc1. The average Bonchev–Trinajstić information content (AvgIpc) is 2.29. The molecule has 0 saturated carbocycles. The third-order valence-electron chi connectivity index (χ3n) is 2.54. The molecule has 88 valence electrons. The monoisotopic (exact) mass is 228 g/mol. The molecule has 0 aliphatic rings. The molecule has 0 unspecified atom stereocenters. The summed E-state index contributed by atoms with van der Waals surface area (Å²) in [6.45, 7) is 4.40. The van der Waals surface area contributed by atoms with Crippen molar-refractivity contribution < 1.29 is 0 Å². The van der Waals surface area contributed by atoms with Gasteiger partial charge >= 0.3 is 0 Å². The summed E-state index contributed by atoms with van der Waals surface area (Å²) in [5.74, 6) is 1.27. The molecule has 0 fully saturated rings. The van der Waals surface area contributed by atoms with Gasteiger partial charge < -0.3 is 4.98 Å². The highest BCUT2D eigenvalue weighted by atomic mass is 16.1. The van der Waals surface area contributed by atoms with Crippen molar-refractivity contribution in [2.24, 2.45) is 5.92 Å². The Morgan fingerprint density at radius 3 is 2.47 bits per heavy atom. The van der Waals surface area contributed by atoms with E-state index in [-0.39, 0.29) is 5.56 Å². The summed E-state index contributed by atoms with van der Waals surface area (Å²) in [6, 6.07) is 9.58. The van der Waals surface area contributed by atoms with Gasteiger partial charge in [-0.3, -0.25) is 4.79 Å². The zero-order valence-electron chi connectivity index (χ0n) is 10.1. The van der Waals surface area contributed by atoms with E-state index in [4.69, 9.17) is 0 Å². The van der Waals surface area contributed by atoms with Crippen molar-refractivity contribution >= 4 is 0 Å². The van der Waals surface area contributed by atoms with E-state index in [1.165, 1.54) is 17.8 Å². The number of aromatic amines is 1. The quantitative estimate of drug-likeness (QED) is 0.877. The van der Waals surface area contributed by atoms with Gasteiger partial charge in [0, 0.05) is 17.8 Å². The van der Waals surface area contributed by atoms with E-state index in [0.29, 0.717) is 11.7 Å². The minimum atomic E-state index is -0.124. The number of hydrogen-bond acceptors (Lipinski definition) is 2. The van der Waals surface area contributed by atoms with Crippen LogP contribution in [0.1, 0.15) is 19.4 Å². The van der Waals surface area contributed by atoms with Gasteiger partial charge in [0.15, 0.2) is 0 Å². The lowest BCUT2D eigenvalue weighted by molar-refractivity contribution is 0.647. The number of rotatable bonds is 3. The van der Waals surface area contributed by atoms with Gasteiger partial charge in [-0.25, -0.2) is 4.98 Å². The molecular formula is C14H16N2O. The Morgan fingerprint density at radius 2 is 1.88 bits per heavy atom. The van der Waals surface area contributed by atoms with Gasteiger partial charge in [-0.05, 0) is 17.9 Å². The molecule has 0 atom stereocenters.